The lowest BCUT2D eigenvalue weighted by molar-refractivity contribution is -0.142. The first kappa shape index (κ1) is 18.6. The van der Waals surface area contributed by atoms with Gasteiger partial charge in [0, 0.05) is 0 Å². The standard InChI is InChI=1S/C20H21NO6/c1-25-16-7-9-17(10-8-16)27-19(24)21(13-18(23)26-2)20(11-12-20)14-3-5-15(22)6-4-14/h3-10,22H,11-13H2,1-2H3. The number of ether oxygens (including phenoxy) is 3. The van der Waals surface area contributed by atoms with E-state index in [1.54, 1.807) is 55.6 Å². The molecule has 3 rings (SSSR count). The highest BCUT2D eigenvalue weighted by atomic mass is 16.6. The summed E-state index contributed by atoms with van der Waals surface area (Å²) in [7, 11) is 2.82. The van der Waals surface area contributed by atoms with Gasteiger partial charge in [0.15, 0.2) is 0 Å². The monoisotopic (exact) mass is 371 g/mol. The first-order valence-electron chi connectivity index (χ1n) is 8.48. The largest absolute Gasteiger partial charge is 0.508 e. The molecule has 0 spiro atoms. The molecule has 0 aliphatic heterocycles. The first-order valence-corrected chi connectivity index (χ1v) is 8.48. The van der Waals surface area contributed by atoms with Gasteiger partial charge < -0.3 is 19.3 Å². The average molecular weight is 371 g/mol. The van der Waals surface area contributed by atoms with Gasteiger partial charge in [-0.1, -0.05) is 12.1 Å². The molecule has 0 radical (unpaired) electrons. The molecule has 0 bridgehead atoms. The number of phenolic OH excluding ortho intramolecular Hbond substituents is 1. The molecule has 0 heterocycles. The molecule has 142 valence electrons. The quantitative estimate of drug-likeness (QED) is 0.786. The zero-order valence-electron chi connectivity index (χ0n) is 15.2. The number of methoxy groups -OCH3 is 2. The topological polar surface area (TPSA) is 85.3 Å². The maximum Gasteiger partial charge on any atom is 0.416 e. The number of esters is 1. The molecule has 0 saturated heterocycles. The summed E-state index contributed by atoms with van der Waals surface area (Å²) in [5.41, 5.74) is 0.182. The smallest absolute Gasteiger partial charge is 0.416 e. The van der Waals surface area contributed by atoms with Crippen LogP contribution >= 0.6 is 0 Å². The summed E-state index contributed by atoms with van der Waals surface area (Å²) in [6, 6.07) is 13.2. The Morgan fingerprint density at radius 3 is 2.11 bits per heavy atom. The Kier molecular flexibility index (Phi) is 5.21. The van der Waals surface area contributed by atoms with Crippen LogP contribution in [-0.4, -0.2) is 42.8 Å². The highest BCUT2D eigenvalue weighted by Gasteiger charge is 2.53. The number of phenols is 1. The molecule has 0 unspecified atom stereocenters. The minimum atomic E-state index is -0.647. The molecular formula is C20H21NO6. The third-order valence-corrected chi connectivity index (χ3v) is 4.64. The van der Waals surface area contributed by atoms with E-state index in [1.165, 1.54) is 12.0 Å². The fourth-order valence-electron chi connectivity index (χ4n) is 2.99. The highest BCUT2D eigenvalue weighted by molar-refractivity contribution is 5.80. The number of aromatic hydroxyl groups is 1. The van der Waals surface area contributed by atoms with Crippen molar-refractivity contribution < 1.29 is 28.9 Å². The van der Waals surface area contributed by atoms with Gasteiger partial charge in [-0.05, 0) is 54.8 Å². The molecule has 7 nitrogen and oxygen atoms in total. The van der Waals surface area contributed by atoms with Crippen LogP contribution in [0.5, 0.6) is 17.2 Å². The molecule has 1 aliphatic carbocycles. The zero-order chi connectivity index (χ0) is 19.4. The summed E-state index contributed by atoms with van der Waals surface area (Å²) >= 11 is 0. The molecule has 7 heteroatoms. The van der Waals surface area contributed by atoms with Crippen molar-refractivity contribution in [3.63, 3.8) is 0 Å². The van der Waals surface area contributed by atoms with E-state index in [0.29, 0.717) is 24.3 Å². The Labute approximate surface area is 157 Å². The van der Waals surface area contributed by atoms with Crippen LogP contribution < -0.4 is 9.47 Å². The predicted octanol–water partition coefficient (Wildman–Crippen LogP) is 3.06. The first-order chi connectivity index (χ1) is 13.0. The molecule has 2 aromatic rings. The van der Waals surface area contributed by atoms with Crippen molar-refractivity contribution in [3.8, 4) is 17.2 Å². The zero-order valence-corrected chi connectivity index (χ0v) is 15.2. The minimum Gasteiger partial charge on any atom is -0.508 e. The van der Waals surface area contributed by atoms with Crippen LogP contribution in [0.15, 0.2) is 48.5 Å². The van der Waals surface area contributed by atoms with Crippen LogP contribution in [0.1, 0.15) is 18.4 Å². The molecular weight excluding hydrogens is 350 g/mol. The van der Waals surface area contributed by atoms with E-state index >= 15 is 0 Å². The van der Waals surface area contributed by atoms with Gasteiger partial charge in [0.1, 0.15) is 23.8 Å². The van der Waals surface area contributed by atoms with Crippen LogP contribution in [0.3, 0.4) is 0 Å². The maximum atomic E-state index is 12.9. The summed E-state index contributed by atoms with van der Waals surface area (Å²) < 4.78 is 15.3. The van der Waals surface area contributed by atoms with Crippen LogP contribution in [-0.2, 0) is 15.1 Å². The lowest BCUT2D eigenvalue weighted by Gasteiger charge is -2.30. The molecule has 2 aromatic carbocycles. The number of hydrogen-bond acceptors (Lipinski definition) is 6. The van der Waals surface area contributed by atoms with Crippen LogP contribution in [0.4, 0.5) is 4.79 Å². The Balaban J connectivity index is 1.85. The number of carbonyl (C=O) groups excluding carboxylic acids is 2. The van der Waals surface area contributed by atoms with E-state index < -0.39 is 17.6 Å². The van der Waals surface area contributed by atoms with Gasteiger partial charge in [-0.3, -0.25) is 9.69 Å². The third-order valence-electron chi connectivity index (χ3n) is 4.64. The highest BCUT2D eigenvalue weighted by Crippen LogP contribution is 2.51. The van der Waals surface area contributed by atoms with Crippen molar-refractivity contribution in [2.45, 2.75) is 18.4 Å². The summed E-state index contributed by atoms with van der Waals surface area (Å²) in [6.07, 6.45) is 0.732. The normalized spacial score (nSPS) is 14.1. The number of benzene rings is 2. The minimum absolute atomic E-state index is 0.134. The summed E-state index contributed by atoms with van der Waals surface area (Å²) in [6.45, 7) is -0.230. The summed E-state index contributed by atoms with van der Waals surface area (Å²) in [5.74, 6) is 0.586. The summed E-state index contributed by atoms with van der Waals surface area (Å²) in [5, 5.41) is 9.52. The van der Waals surface area contributed by atoms with Crippen LogP contribution in [0.2, 0.25) is 0 Å². The van der Waals surface area contributed by atoms with Gasteiger partial charge in [0.25, 0.3) is 0 Å². The second-order valence-corrected chi connectivity index (χ2v) is 6.28. The van der Waals surface area contributed by atoms with Crippen molar-refractivity contribution in [1.29, 1.82) is 0 Å². The van der Waals surface area contributed by atoms with Crippen molar-refractivity contribution in [2.75, 3.05) is 20.8 Å². The number of amides is 1. The van der Waals surface area contributed by atoms with Crippen molar-refractivity contribution in [3.05, 3.63) is 54.1 Å². The van der Waals surface area contributed by atoms with E-state index in [4.69, 9.17) is 14.2 Å². The summed E-state index contributed by atoms with van der Waals surface area (Å²) in [4.78, 5) is 26.1. The van der Waals surface area contributed by atoms with Gasteiger partial charge in [-0.15, -0.1) is 0 Å². The molecule has 1 amide bonds. The van der Waals surface area contributed by atoms with Gasteiger partial charge >= 0.3 is 12.1 Å². The third kappa shape index (κ3) is 3.97. The number of rotatable bonds is 6. The Bertz CT molecular complexity index is 811. The molecule has 27 heavy (non-hydrogen) atoms. The lowest BCUT2D eigenvalue weighted by atomic mass is 10.0. The van der Waals surface area contributed by atoms with Gasteiger partial charge in [0.2, 0.25) is 0 Å². The maximum absolute atomic E-state index is 12.9. The van der Waals surface area contributed by atoms with E-state index in [0.717, 1.165) is 5.56 Å². The van der Waals surface area contributed by atoms with E-state index in [1.807, 2.05) is 0 Å². The fraction of sp³-hybridized carbons (Fsp3) is 0.300. The average Bonchev–Trinajstić information content (AvgIpc) is 3.48. The van der Waals surface area contributed by atoms with E-state index in [9.17, 15) is 14.7 Å². The van der Waals surface area contributed by atoms with E-state index in [-0.39, 0.29) is 12.3 Å². The van der Waals surface area contributed by atoms with Crippen molar-refractivity contribution in [2.24, 2.45) is 0 Å². The molecule has 1 saturated carbocycles. The van der Waals surface area contributed by atoms with Crippen LogP contribution in [0.25, 0.3) is 0 Å². The molecule has 1 aliphatic rings. The van der Waals surface area contributed by atoms with Crippen molar-refractivity contribution in [1.82, 2.24) is 4.90 Å². The Morgan fingerprint density at radius 2 is 1.59 bits per heavy atom. The predicted molar refractivity (Wildman–Crippen MR) is 96.8 cm³/mol. The van der Waals surface area contributed by atoms with Crippen LogP contribution in [0, 0.1) is 0 Å². The molecule has 1 N–H and O–H groups in total. The second-order valence-electron chi connectivity index (χ2n) is 6.28. The second kappa shape index (κ2) is 7.57. The molecule has 1 fully saturated rings. The van der Waals surface area contributed by atoms with Crippen molar-refractivity contribution >= 4 is 12.1 Å². The fourth-order valence-corrected chi connectivity index (χ4v) is 2.99. The van der Waals surface area contributed by atoms with Gasteiger partial charge in [-0.25, -0.2) is 4.79 Å². The number of nitrogens with zero attached hydrogens (tertiary/aromatic N) is 1. The van der Waals surface area contributed by atoms with E-state index in [2.05, 4.69) is 0 Å². The Hall–Kier alpha value is -3.22. The number of hydrogen-bond donors (Lipinski definition) is 1. The Morgan fingerprint density at radius 1 is 1.00 bits per heavy atom. The van der Waals surface area contributed by atoms with Gasteiger partial charge in [-0.2, -0.15) is 0 Å². The number of carbonyl (C=O) groups is 2. The SMILES string of the molecule is COC(=O)CN(C(=O)Oc1ccc(OC)cc1)C1(c2ccc(O)cc2)CC1. The molecule has 0 atom stereocenters. The lowest BCUT2D eigenvalue weighted by Crippen LogP contribution is -2.45. The van der Waals surface area contributed by atoms with Gasteiger partial charge in [0.05, 0.1) is 19.8 Å². The molecule has 0 aromatic heterocycles.